The van der Waals surface area contributed by atoms with E-state index in [2.05, 4.69) is 44.7 Å². The van der Waals surface area contributed by atoms with Crippen molar-refractivity contribution >= 4 is 26.5 Å². The van der Waals surface area contributed by atoms with Crippen LogP contribution in [0.1, 0.15) is 35.7 Å². The van der Waals surface area contributed by atoms with E-state index in [1.54, 1.807) is 19.2 Å². The predicted molar refractivity (Wildman–Crippen MR) is 99.5 cm³/mol. The predicted octanol–water partition coefficient (Wildman–Crippen LogP) is 4.59. The van der Waals surface area contributed by atoms with Crippen LogP contribution in [0.25, 0.3) is 0 Å². The van der Waals surface area contributed by atoms with Gasteiger partial charge in [0, 0.05) is 17.0 Å². The van der Waals surface area contributed by atoms with Gasteiger partial charge in [0.05, 0.1) is 7.11 Å². The van der Waals surface area contributed by atoms with Crippen LogP contribution in [0.2, 0.25) is 0 Å². The van der Waals surface area contributed by atoms with E-state index in [4.69, 9.17) is 4.74 Å². The van der Waals surface area contributed by atoms with Crippen LogP contribution in [0, 0.1) is 6.92 Å². The van der Waals surface area contributed by atoms with Crippen molar-refractivity contribution in [1.29, 1.82) is 0 Å². The van der Waals surface area contributed by atoms with Crippen LogP contribution in [0.3, 0.4) is 0 Å². The molecule has 0 aliphatic carbocycles. The van der Waals surface area contributed by atoms with E-state index in [0.29, 0.717) is 14.3 Å². The molecule has 2 nitrogen and oxygen atoms in total. The first-order valence-corrected chi connectivity index (χ1v) is 9.13. The zero-order chi connectivity index (χ0) is 16.1. The lowest BCUT2D eigenvalue weighted by Crippen LogP contribution is -2.06. The molecule has 0 radical (unpaired) electrons. The number of ether oxygens (including phenoxy) is 1. The lowest BCUT2D eigenvalue weighted by Gasteiger charge is -2.19. The summed E-state index contributed by atoms with van der Waals surface area (Å²) in [6.45, 7) is 4.26. The third-order valence-electron chi connectivity index (χ3n) is 3.78. The van der Waals surface area contributed by atoms with Crippen molar-refractivity contribution in [1.82, 2.24) is 0 Å². The second-order valence-electron chi connectivity index (χ2n) is 5.35. The number of aryl methyl sites for hydroxylation is 1. The maximum Gasteiger partial charge on any atom is 0.119 e. The van der Waals surface area contributed by atoms with Crippen LogP contribution in [0.5, 0.6) is 11.5 Å². The number of phenolic OH excluding ortho intramolecular Hbond substituents is 1. The first-order valence-electron chi connectivity index (χ1n) is 7.42. The van der Waals surface area contributed by atoms with Gasteiger partial charge in [0.2, 0.25) is 0 Å². The molecule has 2 aromatic rings. The summed E-state index contributed by atoms with van der Waals surface area (Å²) in [4.78, 5) is 0. The first kappa shape index (κ1) is 17.2. The van der Waals surface area contributed by atoms with Gasteiger partial charge in [-0.15, -0.1) is 0 Å². The highest BCUT2D eigenvalue weighted by Gasteiger charge is 2.17. The number of rotatable bonds is 6. The van der Waals surface area contributed by atoms with Gasteiger partial charge in [0.15, 0.2) is 0 Å². The molecule has 0 heterocycles. The average Bonchev–Trinajstić information content (AvgIpc) is 2.54. The highest BCUT2D eigenvalue weighted by atomic mass is 32.1. The molecule has 0 saturated heterocycles. The number of benzene rings is 2. The van der Waals surface area contributed by atoms with Crippen LogP contribution in [0.15, 0.2) is 36.4 Å². The first-order chi connectivity index (χ1) is 10.6. The van der Waals surface area contributed by atoms with E-state index in [1.807, 2.05) is 6.07 Å². The second-order valence-corrected chi connectivity index (χ2v) is 7.19. The summed E-state index contributed by atoms with van der Waals surface area (Å²) in [5, 5.41) is 11.5. The maximum absolute atomic E-state index is 10.2. The fraction of sp³-hybridized carbons (Fsp3) is 0.333. The summed E-state index contributed by atoms with van der Waals surface area (Å²) in [5.74, 6) is 1.87. The van der Waals surface area contributed by atoms with Crippen molar-refractivity contribution in [2.75, 3.05) is 7.11 Å². The van der Waals surface area contributed by atoms with Gasteiger partial charge in [-0.2, -0.15) is 12.6 Å². The molecule has 0 amide bonds. The fourth-order valence-corrected chi connectivity index (χ4v) is 4.42. The van der Waals surface area contributed by atoms with E-state index >= 15 is 0 Å². The standard InChI is InChI=1S/C18H23O2PS/c1-4-17(15-10-14(20-3)6-7-16(15)19)21-18-8-5-12(2)9-13(18)11-22/h5-10,17,19,21-22H,4,11H2,1-3H3. The lowest BCUT2D eigenvalue weighted by molar-refractivity contribution is 0.410. The fourth-order valence-electron chi connectivity index (χ4n) is 2.52. The lowest BCUT2D eigenvalue weighted by atomic mass is 10.1. The zero-order valence-electron chi connectivity index (χ0n) is 13.3. The van der Waals surface area contributed by atoms with Crippen molar-refractivity contribution < 1.29 is 9.84 Å². The molecule has 0 aliphatic rings. The van der Waals surface area contributed by atoms with Crippen molar-refractivity contribution in [2.45, 2.75) is 31.7 Å². The van der Waals surface area contributed by atoms with Crippen LogP contribution in [-0.2, 0) is 5.75 Å². The van der Waals surface area contributed by atoms with E-state index in [1.165, 1.54) is 16.4 Å². The number of hydrogen-bond donors (Lipinski definition) is 2. The Morgan fingerprint density at radius 2 is 2.00 bits per heavy atom. The molecule has 2 atom stereocenters. The molecule has 0 aromatic heterocycles. The van der Waals surface area contributed by atoms with Crippen molar-refractivity contribution in [3.63, 3.8) is 0 Å². The Labute approximate surface area is 140 Å². The molecule has 2 aromatic carbocycles. The van der Waals surface area contributed by atoms with E-state index < -0.39 is 0 Å². The van der Waals surface area contributed by atoms with Crippen LogP contribution in [0.4, 0.5) is 0 Å². The summed E-state index contributed by atoms with van der Waals surface area (Å²) < 4.78 is 5.30. The Morgan fingerprint density at radius 1 is 1.23 bits per heavy atom. The van der Waals surface area contributed by atoms with Gasteiger partial charge in [-0.25, -0.2) is 0 Å². The molecule has 22 heavy (non-hydrogen) atoms. The minimum atomic E-state index is 0.288. The number of thiol groups is 1. The van der Waals surface area contributed by atoms with Crippen LogP contribution >= 0.6 is 21.2 Å². The summed E-state index contributed by atoms with van der Waals surface area (Å²) in [6.07, 6.45) is 0.971. The molecular formula is C18H23O2PS. The SMILES string of the molecule is CCC(Pc1ccc(C)cc1CS)c1cc(OC)ccc1O. The number of methoxy groups -OCH3 is 1. The summed E-state index contributed by atoms with van der Waals surface area (Å²) in [7, 11) is 2.26. The molecule has 2 unspecified atom stereocenters. The third-order valence-corrected chi connectivity index (χ3v) is 5.99. The minimum absolute atomic E-state index is 0.288. The van der Waals surface area contributed by atoms with Crippen LogP contribution < -0.4 is 10.0 Å². The molecule has 118 valence electrons. The number of phenols is 1. The summed E-state index contributed by atoms with van der Waals surface area (Å²) in [6, 6.07) is 12.0. The average molecular weight is 334 g/mol. The van der Waals surface area contributed by atoms with Crippen molar-refractivity contribution in [3.05, 3.63) is 53.1 Å². The Morgan fingerprint density at radius 3 is 2.64 bits per heavy atom. The van der Waals surface area contributed by atoms with Gasteiger partial charge >= 0.3 is 0 Å². The van der Waals surface area contributed by atoms with Gasteiger partial charge in [0.1, 0.15) is 11.5 Å². The molecule has 0 spiro atoms. The summed E-state index contributed by atoms with van der Waals surface area (Å²) in [5.41, 5.74) is 3.79. The highest BCUT2D eigenvalue weighted by Crippen LogP contribution is 2.42. The minimum Gasteiger partial charge on any atom is -0.508 e. The van der Waals surface area contributed by atoms with Gasteiger partial charge in [-0.1, -0.05) is 39.3 Å². The third kappa shape index (κ3) is 3.97. The Bertz CT molecular complexity index is 643. The molecule has 0 saturated carbocycles. The highest BCUT2D eigenvalue weighted by molar-refractivity contribution is 7.79. The van der Waals surface area contributed by atoms with Gasteiger partial charge in [0.25, 0.3) is 0 Å². The molecule has 1 N–H and O–H groups in total. The van der Waals surface area contributed by atoms with E-state index in [0.717, 1.165) is 23.5 Å². The zero-order valence-corrected chi connectivity index (χ0v) is 15.2. The smallest absolute Gasteiger partial charge is 0.119 e. The van der Waals surface area contributed by atoms with Crippen LogP contribution in [-0.4, -0.2) is 12.2 Å². The molecule has 0 aliphatic heterocycles. The van der Waals surface area contributed by atoms with Gasteiger partial charge in [-0.3, -0.25) is 0 Å². The largest absolute Gasteiger partial charge is 0.508 e. The Kier molecular flexibility index (Phi) is 6.16. The second kappa shape index (κ2) is 7.89. The topological polar surface area (TPSA) is 29.5 Å². The monoisotopic (exact) mass is 334 g/mol. The normalized spacial score (nSPS) is 12.7. The van der Waals surface area contributed by atoms with E-state index in [-0.39, 0.29) is 5.66 Å². The van der Waals surface area contributed by atoms with Gasteiger partial charge in [-0.05, 0) is 42.4 Å². The number of hydrogen-bond acceptors (Lipinski definition) is 3. The summed E-state index contributed by atoms with van der Waals surface area (Å²) >= 11 is 4.45. The molecule has 0 fully saturated rings. The molecule has 4 heteroatoms. The molecular weight excluding hydrogens is 311 g/mol. The van der Waals surface area contributed by atoms with Gasteiger partial charge < -0.3 is 9.84 Å². The molecule has 0 bridgehead atoms. The van der Waals surface area contributed by atoms with Crippen molar-refractivity contribution in [3.8, 4) is 11.5 Å². The Hall–Kier alpha value is -1.18. The Balaban J connectivity index is 2.33. The van der Waals surface area contributed by atoms with E-state index in [9.17, 15) is 5.11 Å². The quantitative estimate of drug-likeness (QED) is 0.597. The molecule has 2 rings (SSSR count). The number of aromatic hydroxyl groups is 1. The van der Waals surface area contributed by atoms with Crippen molar-refractivity contribution in [2.24, 2.45) is 0 Å². The maximum atomic E-state index is 10.2.